The van der Waals surface area contributed by atoms with Crippen LogP contribution in [0, 0.1) is 20.9 Å². The number of aliphatic carboxylic acids is 1. The van der Waals surface area contributed by atoms with Crippen LogP contribution < -0.4 is 9.47 Å². The Balaban J connectivity index is 1.68. The van der Waals surface area contributed by atoms with E-state index >= 15 is 0 Å². The molecule has 0 unspecified atom stereocenters. The zero-order valence-electron chi connectivity index (χ0n) is 28.4. The second kappa shape index (κ2) is 13.4. The Morgan fingerprint density at radius 2 is 1.58 bits per heavy atom. The highest BCUT2D eigenvalue weighted by Crippen LogP contribution is 2.55. The van der Waals surface area contributed by atoms with Gasteiger partial charge in [-0.3, -0.25) is 24.5 Å². The molecule has 0 bridgehead atoms. The van der Waals surface area contributed by atoms with E-state index in [1.165, 1.54) is 12.1 Å². The highest BCUT2D eigenvalue weighted by atomic mass is 16.6. The summed E-state index contributed by atoms with van der Waals surface area (Å²) in [5.41, 5.74) is 4.25. The van der Waals surface area contributed by atoms with Gasteiger partial charge in [-0.05, 0) is 66.3 Å². The Hall–Kier alpha value is -4.73. The maximum Gasteiger partial charge on any atom is 0.305 e. The smallest absolute Gasteiger partial charge is 0.305 e. The lowest BCUT2D eigenvalue weighted by molar-refractivity contribution is -0.384. The molecule has 0 radical (unpaired) electrons. The van der Waals surface area contributed by atoms with E-state index in [2.05, 4.69) is 6.58 Å². The van der Waals surface area contributed by atoms with Gasteiger partial charge >= 0.3 is 5.97 Å². The number of carbonyl (C=O) groups is 3. The van der Waals surface area contributed by atoms with E-state index in [1.54, 1.807) is 18.2 Å². The summed E-state index contributed by atoms with van der Waals surface area (Å²) in [6.07, 6.45) is 3.81. The average Bonchev–Trinajstić information content (AvgIpc) is 2.98. The number of nitro groups is 1. The van der Waals surface area contributed by atoms with Crippen LogP contribution in [-0.2, 0) is 27.4 Å². The first-order valence-corrected chi connectivity index (χ1v) is 16.4. The molecule has 254 valence electrons. The third-order valence-corrected chi connectivity index (χ3v) is 9.25. The van der Waals surface area contributed by atoms with Crippen LogP contribution in [0.5, 0.6) is 11.5 Å². The third-order valence-electron chi connectivity index (χ3n) is 9.25. The van der Waals surface area contributed by atoms with Crippen LogP contribution in [0.15, 0.2) is 71.6 Å². The van der Waals surface area contributed by atoms with Gasteiger partial charge in [0.2, 0.25) is 0 Å². The number of non-ortho nitro benzene ring substituents is 1. The van der Waals surface area contributed by atoms with Gasteiger partial charge in [0.1, 0.15) is 6.61 Å². The Labute approximate surface area is 281 Å². The fourth-order valence-corrected chi connectivity index (χ4v) is 7.31. The van der Waals surface area contributed by atoms with Crippen molar-refractivity contribution in [2.75, 3.05) is 13.2 Å². The number of hydrogen-bond donors (Lipinski definition) is 1. The normalized spacial score (nSPS) is 18.7. The number of nitrogens with zero attached hydrogens (tertiary/aromatic N) is 2. The molecule has 2 aliphatic carbocycles. The van der Waals surface area contributed by atoms with Crippen LogP contribution in [-0.4, -0.2) is 45.6 Å². The summed E-state index contributed by atoms with van der Waals surface area (Å²) in [4.78, 5) is 52.8. The number of allylic oxidation sites excluding steroid dienone is 5. The van der Waals surface area contributed by atoms with Crippen molar-refractivity contribution in [1.82, 2.24) is 4.90 Å². The first kappa shape index (κ1) is 34.6. The third kappa shape index (κ3) is 7.07. The Morgan fingerprint density at radius 3 is 2.08 bits per heavy atom. The van der Waals surface area contributed by atoms with Crippen LogP contribution >= 0.6 is 0 Å². The van der Waals surface area contributed by atoms with Crippen LogP contribution in [0.1, 0.15) is 89.3 Å². The number of ketones is 2. The van der Waals surface area contributed by atoms with Crippen LogP contribution in [0.25, 0.3) is 0 Å². The lowest BCUT2D eigenvalue weighted by Gasteiger charge is -2.49. The quantitative estimate of drug-likeness (QED) is 0.140. The molecular weight excluding hydrogens is 612 g/mol. The molecule has 10 heteroatoms. The van der Waals surface area contributed by atoms with Gasteiger partial charge in [-0.1, -0.05) is 39.8 Å². The molecule has 0 saturated heterocycles. The minimum Gasteiger partial charge on any atom is -0.490 e. The second-order valence-corrected chi connectivity index (χ2v) is 14.5. The second-order valence-electron chi connectivity index (χ2n) is 14.5. The van der Waals surface area contributed by atoms with Gasteiger partial charge in [-0.2, -0.15) is 0 Å². The summed E-state index contributed by atoms with van der Waals surface area (Å²) in [6, 6.07) is 9.97. The number of ether oxygens (including phenoxy) is 2. The maximum absolute atomic E-state index is 14.2. The van der Waals surface area contributed by atoms with E-state index in [-0.39, 0.29) is 47.7 Å². The molecule has 2 aromatic carbocycles. The average molecular weight is 657 g/mol. The summed E-state index contributed by atoms with van der Waals surface area (Å²) < 4.78 is 12.5. The number of carboxylic acid groups (broad SMARTS) is 1. The zero-order valence-corrected chi connectivity index (χ0v) is 28.4. The number of carboxylic acids is 1. The molecule has 0 spiro atoms. The van der Waals surface area contributed by atoms with Gasteiger partial charge in [0, 0.05) is 65.5 Å². The summed E-state index contributed by atoms with van der Waals surface area (Å²) in [5.74, 6) is -0.722. The first-order chi connectivity index (χ1) is 22.6. The number of Topliss-reactive ketones (excluding diaryl/α,β-unsaturated/α-hetero) is 2. The molecule has 0 atom stereocenters. The molecule has 0 saturated carbocycles. The van der Waals surface area contributed by atoms with Crippen molar-refractivity contribution in [3.8, 4) is 11.5 Å². The molecule has 5 rings (SSSR count). The molecule has 1 heterocycles. The monoisotopic (exact) mass is 656 g/mol. The molecule has 0 amide bonds. The van der Waals surface area contributed by atoms with E-state index in [9.17, 15) is 29.6 Å². The van der Waals surface area contributed by atoms with Gasteiger partial charge in [0.05, 0.1) is 18.0 Å². The molecule has 1 N–H and O–H groups in total. The maximum atomic E-state index is 14.2. The molecule has 0 fully saturated rings. The number of nitro benzene ring substituents is 1. The zero-order chi connectivity index (χ0) is 35.0. The molecule has 3 aliphatic rings. The van der Waals surface area contributed by atoms with Gasteiger partial charge in [-0.15, -0.1) is 6.58 Å². The highest BCUT2D eigenvalue weighted by molar-refractivity contribution is 6.07. The highest BCUT2D eigenvalue weighted by Gasteiger charge is 2.49. The van der Waals surface area contributed by atoms with Crippen LogP contribution in [0.2, 0.25) is 0 Å². The van der Waals surface area contributed by atoms with Gasteiger partial charge in [0.15, 0.2) is 23.1 Å². The summed E-state index contributed by atoms with van der Waals surface area (Å²) in [5, 5.41) is 20.8. The largest absolute Gasteiger partial charge is 0.490 e. The van der Waals surface area contributed by atoms with Crippen molar-refractivity contribution in [2.45, 2.75) is 85.7 Å². The van der Waals surface area contributed by atoms with Crippen molar-refractivity contribution in [2.24, 2.45) is 10.8 Å². The first-order valence-electron chi connectivity index (χ1n) is 16.4. The van der Waals surface area contributed by atoms with E-state index in [4.69, 9.17) is 9.47 Å². The Bertz CT molecular complexity index is 1680. The fourth-order valence-electron chi connectivity index (χ4n) is 7.31. The molecule has 1 aliphatic heterocycles. The minimum absolute atomic E-state index is 0.0110. The van der Waals surface area contributed by atoms with Crippen molar-refractivity contribution in [3.05, 3.63) is 98.4 Å². The number of carbonyl (C=O) groups excluding carboxylic acids is 2. The van der Waals surface area contributed by atoms with E-state index in [1.807, 2.05) is 51.7 Å². The summed E-state index contributed by atoms with van der Waals surface area (Å²) in [7, 11) is 0. The predicted octanol–water partition coefficient (Wildman–Crippen LogP) is 7.46. The van der Waals surface area contributed by atoms with Crippen molar-refractivity contribution >= 4 is 23.2 Å². The van der Waals surface area contributed by atoms with E-state index in [0.29, 0.717) is 61.4 Å². The lowest BCUT2D eigenvalue weighted by atomic mass is 9.63. The topological polar surface area (TPSA) is 136 Å². The molecular formula is C38H44N2O8. The SMILES string of the molecule is C=CCc1cc(C2C3=C(CC(C)(C)CC3=O)N(CCC(=O)O)C3=C2C(=O)CC(C)(C)C3)cc(OCC)c1OCc1ccc([N+](=O)[O-])cc1. The number of hydrogen-bond acceptors (Lipinski definition) is 8. The summed E-state index contributed by atoms with van der Waals surface area (Å²) >= 11 is 0. The predicted molar refractivity (Wildman–Crippen MR) is 181 cm³/mol. The van der Waals surface area contributed by atoms with Gasteiger partial charge in [-0.25, -0.2) is 0 Å². The van der Waals surface area contributed by atoms with Crippen molar-refractivity contribution in [3.63, 3.8) is 0 Å². The van der Waals surface area contributed by atoms with E-state index < -0.39 is 16.8 Å². The van der Waals surface area contributed by atoms with Crippen molar-refractivity contribution in [1.29, 1.82) is 0 Å². The van der Waals surface area contributed by atoms with Crippen molar-refractivity contribution < 1.29 is 33.9 Å². The van der Waals surface area contributed by atoms with E-state index in [0.717, 1.165) is 28.1 Å². The fraction of sp³-hybridized carbons (Fsp3) is 0.447. The summed E-state index contributed by atoms with van der Waals surface area (Å²) in [6.45, 7) is 14.6. The van der Waals surface area contributed by atoms with Crippen LogP contribution in [0.3, 0.4) is 0 Å². The number of rotatable bonds is 12. The standard InChI is InChI=1S/C38H44N2O8/c1-7-9-24-16-25(17-31(47-8-2)36(24)48-22-23-10-12-26(13-11-23)40(45)46)33-34-27(18-37(3,4)20-29(34)41)39(15-14-32(43)44)28-19-38(5,6)21-30(42)35(28)33/h7,10-13,16-17,33H,1,8-9,14-15,18-22H2,2-6H3,(H,43,44). The van der Waals surface area contributed by atoms with Gasteiger partial charge in [0.25, 0.3) is 5.69 Å². The molecule has 2 aromatic rings. The molecule has 10 nitrogen and oxygen atoms in total. The lowest BCUT2D eigenvalue weighted by Crippen LogP contribution is -2.45. The molecule has 48 heavy (non-hydrogen) atoms. The molecule has 0 aromatic heterocycles. The minimum atomic E-state index is -0.941. The Morgan fingerprint density at radius 1 is 1.00 bits per heavy atom. The van der Waals surface area contributed by atoms with Gasteiger partial charge < -0.3 is 19.5 Å². The van der Waals surface area contributed by atoms with Crippen LogP contribution in [0.4, 0.5) is 5.69 Å². The Kier molecular flexibility index (Phi) is 9.67. The number of benzene rings is 2.